The van der Waals surface area contributed by atoms with Gasteiger partial charge in [-0.1, -0.05) is 30.1 Å². The maximum Gasteiger partial charge on any atom is 0.181 e. The lowest BCUT2D eigenvalue weighted by atomic mass is 10.0. The average Bonchev–Trinajstić information content (AvgIpc) is 3.10. The molecular formula is C15H20FN3O3S. The van der Waals surface area contributed by atoms with Gasteiger partial charge in [-0.05, 0) is 36.1 Å². The third-order valence-electron chi connectivity index (χ3n) is 4.24. The van der Waals surface area contributed by atoms with E-state index in [2.05, 4.69) is 10.0 Å². The normalized spacial score (nSPS) is 18.3. The molecule has 23 heavy (non-hydrogen) atoms. The van der Waals surface area contributed by atoms with Crippen LogP contribution in [-0.2, 0) is 14.6 Å². The fraction of sp³-hybridized carbons (Fsp3) is 0.600. The largest absolute Gasteiger partial charge is 0.376 e. The first kappa shape index (κ1) is 17.7. The number of benzene rings is 1. The minimum absolute atomic E-state index is 0.267. The van der Waals surface area contributed by atoms with Gasteiger partial charge in [0.25, 0.3) is 0 Å². The van der Waals surface area contributed by atoms with Crippen LogP contribution >= 0.6 is 0 Å². The van der Waals surface area contributed by atoms with Crippen LogP contribution in [0.25, 0.3) is 10.4 Å². The van der Waals surface area contributed by atoms with Gasteiger partial charge in [0, 0.05) is 12.0 Å². The van der Waals surface area contributed by atoms with Crippen molar-refractivity contribution in [1.82, 2.24) is 0 Å². The number of alkyl halides is 1. The van der Waals surface area contributed by atoms with Crippen molar-refractivity contribution in [2.45, 2.75) is 48.0 Å². The molecule has 2 rings (SSSR count). The monoisotopic (exact) mass is 341 g/mol. The number of sulfone groups is 1. The molecule has 1 saturated carbocycles. The number of methoxy groups -OCH3 is 1. The zero-order valence-corrected chi connectivity index (χ0v) is 13.7. The van der Waals surface area contributed by atoms with Gasteiger partial charge in [0.1, 0.15) is 6.67 Å². The summed E-state index contributed by atoms with van der Waals surface area (Å²) >= 11 is 0. The van der Waals surface area contributed by atoms with E-state index in [9.17, 15) is 12.8 Å². The van der Waals surface area contributed by atoms with Gasteiger partial charge in [0.15, 0.2) is 9.84 Å². The van der Waals surface area contributed by atoms with Crippen molar-refractivity contribution in [2.24, 2.45) is 5.11 Å². The fourth-order valence-electron chi connectivity index (χ4n) is 2.99. The summed E-state index contributed by atoms with van der Waals surface area (Å²) in [7, 11) is -1.93. The molecule has 0 radical (unpaired) electrons. The van der Waals surface area contributed by atoms with Gasteiger partial charge in [-0.25, -0.2) is 8.42 Å². The van der Waals surface area contributed by atoms with Gasteiger partial charge in [-0.3, -0.25) is 4.39 Å². The van der Waals surface area contributed by atoms with Crippen LogP contribution in [0.1, 0.15) is 37.4 Å². The molecule has 126 valence electrons. The molecule has 0 saturated heterocycles. The molecule has 0 aliphatic heterocycles. The molecule has 0 spiro atoms. The van der Waals surface area contributed by atoms with Crippen molar-refractivity contribution in [3.05, 3.63) is 40.3 Å². The third kappa shape index (κ3) is 3.83. The van der Waals surface area contributed by atoms with Crippen molar-refractivity contribution in [2.75, 3.05) is 13.8 Å². The Hall–Kier alpha value is -1.63. The summed E-state index contributed by atoms with van der Waals surface area (Å²) in [6, 6.07) is 5.22. The first-order valence-corrected chi connectivity index (χ1v) is 9.06. The van der Waals surface area contributed by atoms with E-state index in [1.54, 1.807) is 12.1 Å². The minimum Gasteiger partial charge on any atom is -0.376 e. The molecular weight excluding hydrogens is 321 g/mol. The summed E-state index contributed by atoms with van der Waals surface area (Å²) in [5, 5.41) is 3.07. The van der Waals surface area contributed by atoms with E-state index in [1.165, 1.54) is 19.2 Å². The lowest BCUT2D eigenvalue weighted by molar-refractivity contribution is 0.0721. The highest BCUT2D eigenvalue weighted by Gasteiger charge is 2.30. The molecule has 0 bridgehead atoms. The third-order valence-corrected chi connectivity index (χ3v) is 6.52. The van der Waals surface area contributed by atoms with Gasteiger partial charge in [0.2, 0.25) is 0 Å². The molecule has 0 unspecified atom stereocenters. The first-order valence-electron chi connectivity index (χ1n) is 7.51. The molecule has 0 aromatic heterocycles. The van der Waals surface area contributed by atoms with E-state index in [0.29, 0.717) is 18.4 Å². The summed E-state index contributed by atoms with van der Waals surface area (Å²) < 4.78 is 43.3. The SMILES string of the molecule is CO[C@H](c1ccc(S(=O)(=O)C2CCCC2)cc1)[C@@H](CF)N=[N+]=[N-]. The van der Waals surface area contributed by atoms with E-state index in [-0.39, 0.29) is 10.1 Å². The first-order chi connectivity index (χ1) is 11.0. The van der Waals surface area contributed by atoms with Crippen LogP contribution in [0.4, 0.5) is 4.39 Å². The Labute approximate surface area is 135 Å². The number of hydrogen-bond donors (Lipinski definition) is 0. The topological polar surface area (TPSA) is 92.1 Å². The summed E-state index contributed by atoms with van der Waals surface area (Å²) in [6.45, 7) is -0.856. The summed E-state index contributed by atoms with van der Waals surface area (Å²) in [4.78, 5) is 2.89. The second kappa shape index (κ2) is 7.77. The van der Waals surface area contributed by atoms with E-state index in [0.717, 1.165) is 12.8 Å². The van der Waals surface area contributed by atoms with Crippen LogP contribution in [0.3, 0.4) is 0 Å². The molecule has 1 aromatic rings. The van der Waals surface area contributed by atoms with Crippen molar-refractivity contribution in [1.29, 1.82) is 0 Å². The zero-order valence-electron chi connectivity index (χ0n) is 12.9. The maximum atomic E-state index is 13.0. The fourth-order valence-corrected chi connectivity index (χ4v) is 4.85. The second-order valence-corrected chi connectivity index (χ2v) is 7.83. The highest BCUT2D eigenvalue weighted by molar-refractivity contribution is 7.92. The van der Waals surface area contributed by atoms with Gasteiger partial charge in [-0.2, -0.15) is 0 Å². The smallest absolute Gasteiger partial charge is 0.181 e. The van der Waals surface area contributed by atoms with Crippen molar-refractivity contribution >= 4 is 9.84 Å². The van der Waals surface area contributed by atoms with E-state index >= 15 is 0 Å². The number of nitrogens with zero attached hydrogens (tertiary/aromatic N) is 3. The molecule has 0 amide bonds. The summed E-state index contributed by atoms with van der Waals surface area (Å²) in [6.07, 6.45) is 2.53. The van der Waals surface area contributed by atoms with Gasteiger partial charge >= 0.3 is 0 Å². The number of hydrogen-bond acceptors (Lipinski definition) is 4. The predicted molar refractivity (Wildman–Crippen MR) is 84.5 cm³/mol. The molecule has 1 aliphatic rings. The highest BCUT2D eigenvalue weighted by Crippen LogP contribution is 2.31. The Bertz CT molecular complexity index is 666. The number of rotatable bonds is 7. The maximum absolute atomic E-state index is 13.0. The predicted octanol–water partition coefficient (Wildman–Crippen LogP) is 3.74. The van der Waals surface area contributed by atoms with Gasteiger partial charge < -0.3 is 4.74 Å². The Morgan fingerprint density at radius 2 is 1.96 bits per heavy atom. The average molecular weight is 341 g/mol. The van der Waals surface area contributed by atoms with Crippen LogP contribution in [-0.4, -0.2) is 33.5 Å². The Morgan fingerprint density at radius 1 is 1.35 bits per heavy atom. The van der Waals surface area contributed by atoms with Crippen LogP contribution in [0, 0.1) is 0 Å². The Morgan fingerprint density at radius 3 is 2.43 bits per heavy atom. The molecule has 0 heterocycles. The van der Waals surface area contributed by atoms with E-state index in [4.69, 9.17) is 10.3 Å². The second-order valence-electron chi connectivity index (χ2n) is 5.60. The van der Waals surface area contributed by atoms with Crippen molar-refractivity contribution < 1.29 is 17.5 Å². The van der Waals surface area contributed by atoms with E-state index in [1.807, 2.05) is 0 Å². The lowest BCUT2D eigenvalue weighted by Crippen LogP contribution is -2.21. The zero-order chi connectivity index (χ0) is 16.9. The number of halogens is 1. The quantitative estimate of drug-likeness (QED) is 0.429. The highest BCUT2D eigenvalue weighted by atomic mass is 32.2. The van der Waals surface area contributed by atoms with Crippen LogP contribution < -0.4 is 0 Å². The lowest BCUT2D eigenvalue weighted by Gasteiger charge is -2.20. The van der Waals surface area contributed by atoms with Crippen LogP contribution in [0.2, 0.25) is 0 Å². The summed E-state index contributed by atoms with van der Waals surface area (Å²) in [5.74, 6) is 0. The molecule has 1 aromatic carbocycles. The molecule has 1 aliphatic carbocycles. The van der Waals surface area contributed by atoms with Gasteiger partial charge in [-0.15, -0.1) is 0 Å². The number of azide groups is 1. The van der Waals surface area contributed by atoms with Crippen LogP contribution in [0.15, 0.2) is 34.3 Å². The van der Waals surface area contributed by atoms with E-state index < -0.39 is 28.7 Å². The molecule has 8 heteroatoms. The Kier molecular flexibility index (Phi) is 5.98. The molecule has 2 atom stereocenters. The van der Waals surface area contributed by atoms with Gasteiger partial charge in [0.05, 0.1) is 22.3 Å². The standard InChI is InChI=1S/C15H20FN3O3S/c1-22-15(14(10-16)18-19-17)11-6-8-13(9-7-11)23(20,21)12-4-2-3-5-12/h6-9,12,14-15H,2-5,10H2,1H3/t14-,15-/m1/s1. The summed E-state index contributed by atoms with van der Waals surface area (Å²) in [5.41, 5.74) is 9.06. The van der Waals surface area contributed by atoms with Crippen molar-refractivity contribution in [3.8, 4) is 0 Å². The van der Waals surface area contributed by atoms with Crippen LogP contribution in [0.5, 0.6) is 0 Å². The van der Waals surface area contributed by atoms with Crippen molar-refractivity contribution in [3.63, 3.8) is 0 Å². The Balaban J connectivity index is 2.25. The minimum atomic E-state index is -3.32. The molecule has 0 N–H and O–H groups in total. The molecule has 1 fully saturated rings. The number of ether oxygens (including phenoxy) is 1. The molecule has 6 nitrogen and oxygen atoms in total.